The summed E-state index contributed by atoms with van der Waals surface area (Å²) in [5.74, 6) is 0.747. The van der Waals surface area contributed by atoms with Gasteiger partial charge in [-0.3, -0.25) is 0 Å². The second-order valence-corrected chi connectivity index (χ2v) is 3.74. The zero-order valence-electron chi connectivity index (χ0n) is 9.03. The maximum absolute atomic E-state index is 4.01. The van der Waals surface area contributed by atoms with Crippen LogP contribution in [0, 0.1) is 5.92 Å². The van der Waals surface area contributed by atoms with Crippen molar-refractivity contribution in [1.82, 2.24) is 15.5 Å². The fourth-order valence-electron chi connectivity index (χ4n) is 1.47. The van der Waals surface area contributed by atoms with E-state index in [9.17, 15) is 0 Å². The third kappa shape index (κ3) is 4.33. The molecular formula is C11H19N3. The van der Waals surface area contributed by atoms with Crippen LogP contribution in [0.3, 0.4) is 0 Å². The van der Waals surface area contributed by atoms with Crippen molar-refractivity contribution in [3.05, 3.63) is 24.0 Å². The Morgan fingerprint density at radius 3 is 3.00 bits per heavy atom. The second kappa shape index (κ2) is 6.49. The summed E-state index contributed by atoms with van der Waals surface area (Å²) in [4.78, 5) is 0. The summed E-state index contributed by atoms with van der Waals surface area (Å²) in [6, 6.07) is 3.91. The molecule has 0 radical (unpaired) electrons. The monoisotopic (exact) mass is 193 g/mol. The molecule has 0 aliphatic carbocycles. The van der Waals surface area contributed by atoms with Crippen molar-refractivity contribution in [3.8, 4) is 0 Å². The Balaban J connectivity index is 2.16. The molecule has 0 aromatic carbocycles. The number of hydrogen-bond donors (Lipinski definition) is 1. The molecular weight excluding hydrogens is 174 g/mol. The van der Waals surface area contributed by atoms with Crippen LogP contribution in [0.4, 0.5) is 0 Å². The van der Waals surface area contributed by atoms with E-state index in [4.69, 9.17) is 0 Å². The average Bonchev–Trinajstić information content (AvgIpc) is 2.20. The predicted octanol–water partition coefficient (Wildman–Crippen LogP) is 2.00. The van der Waals surface area contributed by atoms with Crippen LogP contribution >= 0.6 is 0 Å². The van der Waals surface area contributed by atoms with E-state index in [1.807, 2.05) is 12.1 Å². The van der Waals surface area contributed by atoms with Gasteiger partial charge < -0.3 is 5.32 Å². The quantitative estimate of drug-likeness (QED) is 0.751. The maximum Gasteiger partial charge on any atom is 0.0768 e. The first-order chi connectivity index (χ1) is 6.83. The zero-order valence-corrected chi connectivity index (χ0v) is 9.03. The van der Waals surface area contributed by atoms with Crippen LogP contribution in [-0.2, 0) is 6.54 Å². The molecule has 0 aliphatic rings. The minimum atomic E-state index is 0.747. The standard InChI is InChI=1S/C11H19N3/c1-3-5-10(2)8-12-9-11-6-4-7-13-14-11/h4,6-7,10,12H,3,5,8-9H2,1-2H3. The molecule has 14 heavy (non-hydrogen) atoms. The average molecular weight is 193 g/mol. The molecule has 1 unspecified atom stereocenters. The molecule has 1 N–H and O–H groups in total. The van der Waals surface area contributed by atoms with Gasteiger partial charge in [0.15, 0.2) is 0 Å². The molecule has 3 nitrogen and oxygen atoms in total. The van der Waals surface area contributed by atoms with Crippen molar-refractivity contribution in [1.29, 1.82) is 0 Å². The lowest BCUT2D eigenvalue weighted by Crippen LogP contribution is -2.21. The van der Waals surface area contributed by atoms with Crippen molar-refractivity contribution >= 4 is 0 Å². The highest BCUT2D eigenvalue weighted by Crippen LogP contribution is 2.02. The molecule has 0 spiro atoms. The summed E-state index contributed by atoms with van der Waals surface area (Å²) in [6.45, 7) is 6.37. The summed E-state index contributed by atoms with van der Waals surface area (Å²) in [5.41, 5.74) is 1.01. The van der Waals surface area contributed by atoms with Crippen molar-refractivity contribution in [2.75, 3.05) is 6.54 Å². The Morgan fingerprint density at radius 1 is 1.50 bits per heavy atom. The van der Waals surface area contributed by atoms with Crippen LogP contribution in [0.25, 0.3) is 0 Å². The highest BCUT2D eigenvalue weighted by molar-refractivity contribution is 4.98. The smallest absolute Gasteiger partial charge is 0.0768 e. The molecule has 0 saturated carbocycles. The largest absolute Gasteiger partial charge is 0.311 e. The number of nitrogens with zero attached hydrogens (tertiary/aromatic N) is 2. The Hall–Kier alpha value is -0.960. The fraction of sp³-hybridized carbons (Fsp3) is 0.636. The minimum absolute atomic E-state index is 0.747. The van der Waals surface area contributed by atoms with Gasteiger partial charge in [-0.15, -0.1) is 0 Å². The van der Waals surface area contributed by atoms with Crippen LogP contribution < -0.4 is 5.32 Å². The van der Waals surface area contributed by atoms with Gasteiger partial charge in [-0.1, -0.05) is 20.3 Å². The molecule has 78 valence electrons. The van der Waals surface area contributed by atoms with E-state index >= 15 is 0 Å². The number of aromatic nitrogens is 2. The topological polar surface area (TPSA) is 37.8 Å². The molecule has 3 heteroatoms. The summed E-state index contributed by atoms with van der Waals surface area (Å²) < 4.78 is 0. The molecule has 0 bridgehead atoms. The van der Waals surface area contributed by atoms with Gasteiger partial charge in [0.2, 0.25) is 0 Å². The number of rotatable bonds is 6. The molecule has 0 saturated heterocycles. The van der Waals surface area contributed by atoms with E-state index < -0.39 is 0 Å². The third-order valence-electron chi connectivity index (χ3n) is 2.21. The van der Waals surface area contributed by atoms with Gasteiger partial charge in [-0.2, -0.15) is 10.2 Å². The van der Waals surface area contributed by atoms with Gasteiger partial charge in [0.05, 0.1) is 5.69 Å². The normalized spacial score (nSPS) is 12.7. The lowest BCUT2D eigenvalue weighted by molar-refractivity contribution is 0.473. The fourth-order valence-corrected chi connectivity index (χ4v) is 1.47. The van der Waals surface area contributed by atoms with Crippen molar-refractivity contribution in [2.24, 2.45) is 5.92 Å². The lowest BCUT2D eigenvalue weighted by atomic mass is 10.1. The Labute approximate surface area is 85.9 Å². The van der Waals surface area contributed by atoms with Gasteiger partial charge in [-0.05, 0) is 31.0 Å². The summed E-state index contributed by atoms with van der Waals surface area (Å²) in [6.07, 6.45) is 4.24. The molecule has 1 aromatic rings. The Morgan fingerprint density at radius 2 is 2.36 bits per heavy atom. The van der Waals surface area contributed by atoms with Crippen LogP contribution in [0.15, 0.2) is 18.3 Å². The summed E-state index contributed by atoms with van der Waals surface area (Å²) in [7, 11) is 0. The second-order valence-electron chi connectivity index (χ2n) is 3.74. The first kappa shape index (κ1) is 11.1. The van der Waals surface area contributed by atoms with Crippen LogP contribution in [0.5, 0.6) is 0 Å². The van der Waals surface area contributed by atoms with Gasteiger partial charge in [0.25, 0.3) is 0 Å². The number of hydrogen-bond acceptors (Lipinski definition) is 3. The van der Waals surface area contributed by atoms with Gasteiger partial charge >= 0.3 is 0 Å². The van der Waals surface area contributed by atoms with E-state index in [2.05, 4.69) is 29.4 Å². The lowest BCUT2D eigenvalue weighted by Gasteiger charge is -2.10. The van der Waals surface area contributed by atoms with Crippen molar-refractivity contribution in [3.63, 3.8) is 0 Å². The van der Waals surface area contributed by atoms with E-state index in [0.29, 0.717) is 0 Å². The minimum Gasteiger partial charge on any atom is -0.311 e. The summed E-state index contributed by atoms with van der Waals surface area (Å²) in [5, 5.41) is 11.2. The predicted molar refractivity (Wildman–Crippen MR) is 57.8 cm³/mol. The maximum atomic E-state index is 4.01. The van der Waals surface area contributed by atoms with Crippen LogP contribution in [0.2, 0.25) is 0 Å². The van der Waals surface area contributed by atoms with Crippen LogP contribution in [-0.4, -0.2) is 16.7 Å². The Bertz CT molecular complexity index is 236. The number of nitrogens with one attached hydrogen (secondary N) is 1. The van der Waals surface area contributed by atoms with E-state index in [0.717, 1.165) is 24.7 Å². The third-order valence-corrected chi connectivity index (χ3v) is 2.21. The molecule has 0 amide bonds. The highest BCUT2D eigenvalue weighted by atomic mass is 15.1. The van der Waals surface area contributed by atoms with Crippen molar-refractivity contribution < 1.29 is 0 Å². The van der Waals surface area contributed by atoms with E-state index in [1.54, 1.807) is 6.20 Å². The first-order valence-corrected chi connectivity index (χ1v) is 5.30. The van der Waals surface area contributed by atoms with E-state index in [1.165, 1.54) is 12.8 Å². The zero-order chi connectivity index (χ0) is 10.2. The molecule has 1 rings (SSSR count). The first-order valence-electron chi connectivity index (χ1n) is 5.30. The molecule has 1 heterocycles. The SMILES string of the molecule is CCCC(C)CNCc1cccnn1. The van der Waals surface area contributed by atoms with Crippen molar-refractivity contribution in [2.45, 2.75) is 33.2 Å². The Kier molecular flexibility index (Phi) is 5.15. The van der Waals surface area contributed by atoms with Crippen LogP contribution in [0.1, 0.15) is 32.4 Å². The molecule has 1 atom stereocenters. The molecule has 1 aromatic heterocycles. The highest BCUT2D eigenvalue weighted by Gasteiger charge is 1.99. The van der Waals surface area contributed by atoms with E-state index in [-0.39, 0.29) is 0 Å². The van der Waals surface area contributed by atoms with Gasteiger partial charge in [-0.25, -0.2) is 0 Å². The molecule has 0 aliphatic heterocycles. The van der Waals surface area contributed by atoms with Gasteiger partial charge in [0.1, 0.15) is 0 Å². The summed E-state index contributed by atoms with van der Waals surface area (Å²) >= 11 is 0. The van der Waals surface area contributed by atoms with Gasteiger partial charge in [0, 0.05) is 12.7 Å². The molecule has 0 fully saturated rings.